The van der Waals surface area contributed by atoms with E-state index in [4.69, 9.17) is 16.3 Å². The number of nitrogens with one attached hydrogen (secondary N) is 1. The van der Waals surface area contributed by atoms with E-state index >= 15 is 0 Å². The van der Waals surface area contributed by atoms with E-state index in [2.05, 4.69) is 5.32 Å². The highest BCUT2D eigenvalue weighted by Crippen LogP contribution is 2.27. The number of benzene rings is 1. The Kier molecular flexibility index (Phi) is 5.44. The molecule has 0 aliphatic rings. The van der Waals surface area contributed by atoms with Crippen LogP contribution in [0.25, 0.3) is 0 Å². The van der Waals surface area contributed by atoms with Crippen molar-refractivity contribution in [2.75, 3.05) is 13.7 Å². The predicted octanol–water partition coefficient (Wildman–Crippen LogP) is 2.15. The summed E-state index contributed by atoms with van der Waals surface area (Å²) in [6, 6.07) is 5.00. The standard InChI is InChI=1S/C13H18ClNO3/c1-8(2)13(17)15-7-11(16)10-6-9(14)4-5-12(10)18-3/h4-6,8,11,16H,7H2,1-3H3,(H,15,17). The Morgan fingerprint density at radius 3 is 2.72 bits per heavy atom. The maximum absolute atomic E-state index is 11.4. The molecular formula is C13H18ClNO3. The highest BCUT2D eigenvalue weighted by molar-refractivity contribution is 6.30. The molecule has 0 bridgehead atoms. The number of carbonyl (C=O) groups excluding carboxylic acids is 1. The summed E-state index contributed by atoms with van der Waals surface area (Å²) < 4.78 is 5.14. The summed E-state index contributed by atoms with van der Waals surface area (Å²) in [5.74, 6) is 0.333. The van der Waals surface area contributed by atoms with Crippen molar-refractivity contribution in [2.45, 2.75) is 20.0 Å². The highest BCUT2D eigenvalue weighted by atomic mass is 35.5. The van der Waals surface area contributed by atoms with Gasteiger partial charge < -0.3 is 15.2 Å². The molecule has 0 radical (unpaired) electrons. The molecule has 0 aliphatic heterocycles. The van der Waals surface area contributed by atoms with Gasteiger partial charge in [-0.3, -0.25) is 4.79 Å². The van der Waals surface area contributed by atoms with Crippen molar-refractivity contribution in [3.8, 4) is 5.75 Å². The van der Waals surface area contributed by atoms with Crippen LogP contribution < -0.4 is 10.1 Å². The van der Waals surface area contributed by atoms with Gasteiger partial charge in [0.1, 0.15) is 5.75 Å². The highest BCUT2D eigenvalue weighted by Gasteiger charge is 2.15. The maximum Gasteiger partial charge on any atom is 0.222 e. The van der Waals surface area contributed by atoms with Crippen LogP contribution in [0.3, 0.4) is 0 Å². The van der Waals surface area contributed by atoms with Gasteiger partial charge in [0.05, 0.1) is 13.2 Å². The molecule has 1 amide bonds. The molecular weight excluding hydrogens is 254 g/mol. The Morgan fingerprint density at radius 2 is 2.17 bits per heavy atom. The van der Waals surface area contributed by atoms with Gasteiger partial charge in [0.2, 0.25) is 5.91 Å². The van der Waals surface area contributed by atoms with Gasteiger partial charge in [-0.05, 0) is 18.2 Å². The second kappa shape index (κ2) is 6.61. The topological polar surface area (TPSA) is 58.6 Å². The van der Waals surface area contributed by atoms with Crippen LogP contribution in [0.2, 0.25) is 5.02 Å². The molecule has 4 nitrogen and oxygen atoms in total. The average Bonchev–Trinajstić information content (AvgIpc) is 2.35. The first kappa shape index (κ1) is 14.8. The normalized spacial score (nSPS) is 12.3. The van der Waals surface area contributed by atoms with Crippen molar-refractivity contribution < 1.29 is 14.6 Å². The third kappa shape index (κ3) is 3.89. The lowest BCUT2D eigenvalue weighted by Crippen LogP contribution is -2.31. The zero-order valence-electron chi connectivity index (χ0n) is 10.7. The predicted molar refractivity (Wildman–Crippen MR) is 70.8 cm³/mol. The summed E-state index contributed by atoms with van der Waals surface area (Å²) in [6.45, 7) is 3.72. The van der Waals surface area contributed by atoms with Crippen LogP contribution in [-0.2, 0) is 4.79 Å². The Balaban J connectivity index is 2.74. The van der Waals surface area contributed by atoms with E-state index < -0.39 is 6.10 Å². The number of hydrogen-bond donors (Lipinski definition) is 2. The fourth-order valence-electron chi connectivity index (χ4n) is 1.48. The molecule has 1 rings (SSSR count). The quantitative estimate of drug-likeness (QED) is 0.863. The van der Waals surface area contributed by atoms with E-state index in [1.165, 1.54) is 7.11 Å². The first-order chi connectivity index (χ1) is 8.45. The summed E-state index contributed by atoms with van der Waals surface area (Å²) in [7, 11) is 1.52. The minimum Gasteiger partial charge on any atom is -0.496 e. The zero-order valence-corrected chi connectivity index (χ0v) is 11.5. The lowest BCUT2D eigenvalue weighted by molar-refractivity contribution is -0.124. The van der Waals surface area contributed by atoms with Crippen molar-refractivity contribution in [1.82, 2.24) is 5.32 Å². The number of aliphatic hydroxyl groups excluding tert-OH is 1. The van der Waals surface area contributed by atoms with E-state index in [0.717, 1.165) is 0 Å². The molecule has 0 fully saturated rings. The smallest absolute Gasteiger partial charge is 0.222 e. The van der Waals surface area contributed by atoms with E-state index in [0.29, 0.717) is 16.3 Å². The van der Waals surface area contributed by atoms with E-state index in [1.807, 2.05) is 0 Å². The van der Waals surface area contributed by atoms with Crippen LogP contribution in [0, 0.1) is 5.92 Å². The zero-order chi connectivity index (χ0) is 13.7. The molecule has 1 atom stereocenters. The number of rotatable bonds is 5. The molecule has 0 saturated carbocycles. The lowest BCUT2D eigenvalue weighted by atomic mass is 10.1. The fraction of sp³-hybridized carbons (Fsp3) is 0.462. The summed E-state index contributed by atoms with van der Waals surface area (Å²) in [5, 5.41) is 13.2. The molecule has 2 N–H and O–H groups in total. The van der Waals surface area contributed by atoms with Crippen LogP contribution in [0.4, 0.5) is 0 Å². The summed E-state index contributed by atoms with van der Waals surface area (Å²) in [5.41, 5.74) is 0.564. The number of carbonyl (C=O) groups is 1. The Labute approximate surface area is 112 Å². The van der Waals surface area contributed by atoms with Gasteiger partial charge in [0.25, 0.3) is 0 Å². The van der Waals surface area contributed by atoms with Gasteiger partial charge in [-0.2, -0.15) is 0 Å². The first-order valence-corrected chi connectivity index (χ1v) is 6.12. The van der Waals surface area contributed by atoms with Crippen LogP contribution in [-0.4, -0.2) is 24.7 Å². The minimum absolute atomic E-state index is 0.102. The van der Waals surface area contributed by atoms with Crippen molar-refractivity contribution in [3.63, 3.8) is 0 Å². The number of ether oxygens (including phenoxy) is 1. The third-order valence-corrected chi connectivity index (χ3v) is 2.78. The van der Waals surface area contributed by atoms with Gasteiger partial charge in [-0.1, -0.05) is 25.4 Å². The van der Waals surface area contributed by atoms with E-state index in [-0.39, 0.29) is 18.4 Å². The van der Waals surface area contributed by atoms with E-state index in [1.54, 1.807) is 32.0 Å². The first-order valence-electron chi connectivity index (χ1n) is 5.75. The number of methoxy groups -OCH3 is 1. The largest absolute Gasteiger partial charge is 0.496 e. The van der Waals surface area contributed by atoms with Crippen molar-refractivity contribution in [3.05, 3.63) is 28.8 Å². The molecule has 1 unspecified atom stereocenters. The van der Waals surface area contributed by atoms with Crippen molar-refractivity contribution in [1.29, 1.82) is 0 Å². The van der Waals surface area contributed by atoms with Crippen molar-refractivity contribution >= 4 is 17.5 Å². The van der Waals surface area contributed by atoms with Gasteiger partial charge in [0, 0.05) is 23.0 Å². The summed E-state index contributed by atoms with van der Waals surface area (Å²) >= 11 is 5.88. The van der Waals surface area contributed by atoms with Crippen LogP contribution >= 0.6 is 11.6 Å². The molecule has 1 aromatic carbocycles. The third-order valence-electron chi connectivity index (χ3n) is 2.54. The Hall–Kier alpha value is -1.26. The maximum atomic E-state index is 11.4. The second-order valence-corrected chi connectivity index (χ2v) is 4.74. The molecule has 18 heavy (non-hydrogen) atoms. The minimum atomic E-state index is -0.846. The molecule has 0 saturated heterocycles. The van der Waals surface area contributed by atoms with Gasteiger partial charge in [0.15, 0.2) is 0 Å². The van der Waals surface area contributed by atoms with Crippen LogP contribution in [0.5, 0.6) is 5.75 Å². The van der Waals surface area contributed by atoms with Gasteiger partial charge in [-0.25, -0.2) is 0 Å². The number of halogens is 1. The number of amides is 1. The molecule has 1 aromatic rings. The van der Waals surface area contributed by atoms with E-state index in [9.17, 15) is 9.90 Å². The fourth-order valence-corrected chi connectivity index (χ4v) is 1.66. The molecule has 0 aliphatic carbocycles. The Bertz CT molecular complexity index is 421. The van der Waals surface area contributed by atoms with Crippen LogP contribution in [0.15, 0.2) is 18.2 Å². The van der Waals surface area contributed by atoms with Crippen LogP contribution in [0.1, 0.15) is 25.5 Å². The summed E-state index contributed by atoms with van der Waals surface area (Å²) in [6.07, 6.45) is -0.846. The lowest BCUT2D eigenvalue weighted by Gasteiger charge is -2.16. The monoisotopic (exact) mass is 271 g/mol. The molecule has 5 heteroatoms. The second-order valence-electron chi connectivity index (χ2n) is 4.30. The van der Waals surface area contributed by atoms with Crippen molar-refractivity contribution in [2.24, 2.45) is 5.92 Å². The summed E-state index contributed by atoms with van der Waals surface area (Å²) in [4.78, 5) is 11.4. The average molecular weight is 272 g/mol. The van der Waals surface area contributed by atoms with Gasteiger partial charge >= 0.3 is 0 Å². The molecule has 0 spiro atoms. The number of aliphatic hydroxyl groups is 1. The SMILES string of the molecule is COc1ccc(Cl)cc1C(O)CNC(=O)C(C)C. The number of hydrogen-bond acceptors (Lipinski definition) is 3. The van der Waals surface area contributed by atoms with Gasteiger partial charge in [-0.15, -0.1) is 0 Å². The molecule has 0 heterocycles. The Morgan fingerprint density at radius 1 is 1.50 bits per heavy atom. The molecule has 0 aromatic heterocycles. The molecule has 100 valence electrons.